The van der Waals surface area contributed by atoms with E-state index in [0.717, 1.165) is 50.4 Å². The Hall–Kier alpha value is -1.14. The largest absolute Gasteiger partial charge is 0.353 e. The average molecular weight is 503 g/mol. The third kappa shape index (κ3) is 6.28. The summed E-state index contributed by atoms with van der Waals surface area (Å²) in [4.78, 5) is 26.2. The molecule has 6 heteroatoms. The Morgan fingerprint density at radius 1 is 0.556 bits per heavy atom. The lowest BCUT2D eigenvalue weighted by atomic mass is 9.71. The predicted molar refractivity (Wildman–Crippen MR) is 147 cm³/mol. The molecule has 206 valence electrons. The van der Waals surface area contributed by atoms with Crippen LogP contribution in [0.15, 0.2) is 0 Å². The Bertz CT molecular complexity index is 749. The van der Waals surface area contributed by atoms with Gasteiger partial charge in [0.2, 0.25) is 11.8 Å². The van der Waals surface area contributed by atoms with Gasteiger partial charge in [-0.3, -0.25) is 9.59 Å². The van der Waals surface area contributed by atoms with Crippen molar-refractivity contribution in [1.82, 2.24) is 21.3 Å². The number of carbonyl (C=O) groups is 2. The first kappa shape index (κ1) is 27.9. The summed E-state index contributed by atoms with van der Waals surface area (Å²) in [6, 6.07) is 0.660. The van der Waals surface area contributed by atoms with E-state index in [2.05, 4.69) is 76.7 Å². The Morgan fingerprint density at radius 3 is 1.11 bits per heavy atom. The van der Waals surface area contributed by atoms with Gasteiger partial charge < -0.3 is 21.3 Å². The van der Waals surface area contributed by atoms with Crippen molar-refractivity contribution in [2.24, 2.45) is 23.7 Å². The first-order chi connectivity index (χ1) is 16.6. The number of hydrogen-bond donors (Lipinski definition) is 4. The summed E-state index contributed by atoms with van der Waals surface area (Å²) in [6.07, 6.45) is 11.1. The zero-order chi connectivity index (χ0) is 26.5. The van der Waals surface area contributed by atoms with E-state index in [-0.39, 0.29) is 45.8 Å². The first-order valence-electron chi connectivity index (χ1n) is 14.8. The molecular weight excluding hydrogens is 448 g/mol. The lowest BCUT2D eigenvalue weighted by molar-refractivity contribution is -0.128. The van der Waals surface area contributed by atoms with Gasteiger partial charge in [0.1, 0.15) is 0 Å². The second-order valence-electron chi connectivity index (χ2n) is 15.2. The molecule has 2 saturated heterocycles. The molecule has 4 fully saturated rings. The van der Waals surface area contributed by atoms with Crippen LogP contribution in [0.4, 0.5) is 0 Å². The third-order valence-corrected chi connectivity index (χ3v) is 10.0. The molecule has 0 aromatic rings. The fraction of sp³-hybridized carbons (Fsp3) is 0.933. The van der Waals surface area contributed by atoms with E-state index in [0.29, 0.717) is 12.1 Å². The van der Waals surface area contributed by atoms with Crippen LogP contribution in [0.3, 0.4) is 0 Å². The quantitative estimate of drug-likeness (QED) is 0.440. The summed E-state index contributed by atoms with van der Waals surface area (Å²) in [5.74, 6) is 2.09. The van der Waals surface area contributed by atoms with E-state index in [1.54, 1.807) is 0 Å². The molecule has 2 unspecified atom stereocenters. The van der Waals surface area contributed by atoms with Gasteiger partial charge >= 0.3 is 0 Å². The number of amides is 2. The molecule has 2 amide bonds. The van der Waals surface area contributed by atoms with Crippen molar-refractivity contribution in [2.45, 2.75) is 154 Å². The van der Waals surface area contributed by atoms with Crippen LogP contribution in [-0.2, 0) is 9.59 Å². The van der Waals surface area contributed by atoms with Gasteiger partial charge in [0.25, 0.3) is 0 Å². The molecule has 2 atom stereocenters. The summed E-state index contributed by atoms with van der Waals surface area (Å²) in [7, 11) is 0. The van der Waals surface area contributed by atoms with Crippen LogP contribution in [-0.4, -0.2) is 46.1 Å². The van der Waals surface area contributed by atoms with Gasteiger partial charge in [-0.1, -0.05) is 0 Å². The van der Waals surface area contributed by atoms with Gasteiger partial charge in [0.05, 0.1) is 11.8 Å². The molecule has 0 spiro atoms. The number of nitrogens with one attached hydrogen (secondary N) is 4. The Balaban J connectivity index is 1.19. The Kier molecular flexibility index (Phi) is 7.65. The second kappa shape index (κ2) is 9.87. The number of hydrogen-bond acceptors (Lipinski definition) is 4. The molecule has 6 nitrogen and oxygen atoms in total. The molecule has 36 heavy (non-hydrogen) atoms. The molecule has 0 bridgehead atoms. The maximum atomic E-state index is 13.1. The molecule has 0 aromatic carbocycles. The zero-order valence-electron chi connectivity index (χ0n) is 24.4. The minimum absolute atomic E-state index is 0.0161. The number of rotatable bonds is 5. The van der Waals surface area contributed by atoms with Crippen LogP contribution in [0.1, 0.15) is 120 Å². The van der Waals surface area contributed by atoms with E-state index < -0.39 is 0 Å². The standard InChI is InChI=1S/C30H54N4O2/c1-27(2)17-23(29(5,6)33-27)25(35)31-21-13-9-19(10-14-21)20-11-15-22(16-12-20)32-26(36)24-18-28(3,4)34-30(24,7)8/h19-24,33-34H,9-18H2,1-8H3,(H,31,35)(H,32,36). The highest BCUT2D eigenvalue weighted by Crippen LogP contribution is 2.40. The van der Waals surface area contributed by atoms with Gasteiger partial charge in [-0.05, 0) is 131 Å². The molecular formula is C30H54N4O2. The normalized spacial score (nSPS) is 38.9. The summed E-state index contributed by atoms with van der Waals surface area (Å²) >= 11 is 0. The molecule has 0 aromatic heterocycles. The highest BCUT2D eigenvalue weighted by molar-refractivity contribution is 5.81. The fourth-order valence-electron chi connectivity index (χ4n) is 8.47. The molecule has 2 aliphatic carbocycles. The molecule has 2 heterocycles. The van der Waals surface area contributed by atoms with Crippen molar-refractivity contribution < 1.29 is 9.59 Å². The average Bonchev–Trinajstić information content (AvgIpc) is 3.13. The minimum atomic E-state index is -0.154. The summed E-state index contributed by atoms with van der Waals surface area (Å²) < 4.78 is 0. The van der Waals surface area contributed by atoms with Crippen LogP contribution >= 0.6 is 0 Å². The van der Waals surface area contributed by atoms with Crippen molar-refractivity contribution in [3.63, 3.8) is 0 Å². The van der Waals surface area contributed by atoms with Gasteiger partial charge in [0, 0.05) is 34.2 Å². The number of carbonyl (C=O) groups excluding carboxylic acids is 2. The Morgan fingerprint density at radius 2 is 0.861 bits per heavy atom. The van der Waals surface area contributed by atoms with E-state index >= 15 is 0 Å². The maximum Gasteiger partial charge on any atom is 0.225 e. The smallest absolute Gasteiger partial charge is 0.225 e. The predicted octanol–water partition coefficient (Wildman–Crippen LogP) is 4.67. The monoisotopic (exact) mass is 502 g/mol. The molecule has 4 N–H and O–H groups in total. The van der Waals surface area contributed by atoms with Crippen molar-refractivity contribution in [1.29, 1.82) is 0 Å². The van der Waals surface area contributed by atoms with E-state index in [9.17, 15) is 9.59 Å². The van der Waals surface area contributed by atoms with Gasteiger partial charge in [0.15, 0.2) is 0 Å². The van der Waals surface area contributed by atoms with Crippen molar-refractivity contribution in [2.75, 3.05) is 0 Å². The third-order valence-electron chi connectivity index (χ3n) is 10.0. The van der Waals surface area contributed by atoms with E-state index in [4.69, 9.17) is 0 Å². The molecule has 4 rings (SSSR count). The molecule has 0 radical (unpaired) electrons. The SMILES string of the molecule is CC1(C)CC(C(=O)NC2CCC(C3CCC(NC(=O)C4CC(C)(C)NC4(C)C)CC3)CC2)C(C)(C)N1. The van der Waals surface area contributed by atoms with Crippen molar-refractivity contribution >= 4 is 11.8 Å². The minimum Gasteiger partial charge on any atom is -0.353 e. The van der Waals surface area contributed by atoms with Gasteiger partial charge in [-0.25, -0.2) is 0 Å². The van der Waals surface area contributed by atoms with Crippen LogP contribution in [0.2, 0.25) is 0 Å². The summed E-state index contributed by atoms with van der Waals surface area (Å²) in [6.45, 7) is 17.4. The second-order valence-corrected chi connectivity index (χ2v) is 15.2. The highest BCUT2D eigenvalue weighted by atomic mass is 16.2. The van der Waals surface area contributed by atoms with Crippen LogP contribution in [0.25, 0.3) is 0 Å². The van der Waals surface area contributed by atoms with E-state index in [1.807, 2.05) is 0 Å². The maximum absolute atomic E-state index is 13.1. The lowest BCUT2D eigenvalue weighted by Gasteiger charge is -2.39. The first-order valence-corrected chi connectivity index (χ1v) is 14.8. The van der Waals surface area contributed by atoms with Crippen LogP contribution in [0, 0.1) is 23.7 Å². The molecule has 2 aliphatic heterocycles. The van der Waals surface area contributed by atoms with Crippen LogP contribution in [0.5, 0.6) is 0 Å². The highest BCUT2D eigenvalue weighted by Gasteiger charge is 2.49. The fourth-order valence-corrected chi connectivity index (χ4v) is 8.47. The Labute approximate surface area is 220 Å². The lowest BCUT2D eigenvalue weighted by Crippen LogP contribution is -2.50. The summed E-state index contributed by atoms with van der Waals surface area (Å²) in [5.41, 5.74) is -0.275. The van der Waals surface area contributed by atoms with Gasteiger partial charge in [-0.15, -0.1) is 0 Å². The van der Waals surface area contributed by atoms with E-state index in [1.165, 1.54) is 25.7 Å². The zero-order valence-corrected chi connectivity index (χ0v) is 24.4. The molecule has 2 saturated carbocycles. The van der Waals surface area contributed by atoms with Crippen molar-refractivity contribution in [3.8, 4) is 0 Å². The van der Waals surface area contributed by atoms with Gasteiger partial charge in [-0.2, -0.15) is 0 Å². The van der Waals surface area contributed by atoms with Crippen molar-refractivity contribution in [3.05, 3.63) is 0 Å². The van der Waals surface area contributed by atoms with Crippen LogP contribution < -0.4 is 21.3 Å². The summed E-state index contributed by atoms with van der Waals surface area (Å²) in [5, 5.41) is 14.1. The topological polar surface area (TPSA) is 82.3 Å². The molecule has 4 aliphatic rings.